The normalized spacial score (nSPS) is 13.8. The average Bonchev–Trinajstić information content (AvgIpc) is 4.05. The van der Waals surface area contributed by atoms with Crippen LogP contribution in [-0.2, 0) is 75.6 Å². The largest absolute Gasteiger partial charge is 0.475 e. The zero-order valence-corrected chi connectivity index (χ0v) is 40.9. The van der Waals surface area contributed by atoms with E-state index in [1.165, 1.54) is 24.4 Å². The summed E-state index contributed by atoms with van der Waals surface area (Å²) in [4.78, 5) is 16.5. The minimum atomic E-state index is -4.46. The number of carbonyl (C=O) groups is 1. The highest BCUT2D eigenvalue weighted by Crippen LogP contribution is 2.52. The predicted molar refractivity (Wildman–Crippen MR) is 264 cm³/mol. The molecular weight excluding hydrogens is 932 g/mol. The van der Waals surface area contributed by atoms with E-state index in [1.807, 2.05) is 71.4 Å². The number of phosphoric acid groups is 1. The smallest absolute Gasteiger partial charge is 0.409 e. The minimum absolute atomic E-state index is 0.0233. The molecule has 0 N–H and O–H groups in total. The molecule has 1 aliphatic rings. The van der Waals surface area contributed by atoms with E-state index in [1.54, 1.807) is 43.3 Å². The molecule has 0 aliphatic carbocycles. The van der Waals surface area contributed by atoms with E-state index < -0.39 is 37.0 Å². The van der Waals surface area contributed by atoms with Crippen molar-refractivity contribution in [3.63, 3.8) is 0 Å². The van der Waals surface area contributed by atoms with E-state index in [-0.39, 0.29) is 31.1 Å². The first-order valence-electron chi connectivity index (χ1n) is 23.4. The van der Waals surface area contributed by atoms with Gasteiger partial charge in [0, 0.05) is 41.4 Å². The van der Waals surface area contributed by atoms with Crippen LogP contribution < -0.4 is 4.74 Å². The summed E-state index contributed by atoms with van der Waals surface area (Å²) in [7, 11) is -4.21. The molecule has 3 heterocycles. The second kappa shape index (κ2) is 20.2. The van der Waals surface area contributed by atoms with Crippen LogP contribution in [0.5, 0.6) is 5.75 Å². The summed E-state index contributed by atoms with van der Waals surface area (Å²) >= 11 is 0. The van der Waals surface area contributed by atoms with Crippen molar-refractivity contribution in [1.82, 2.24) is 19.2 Å². The number of phosphoric ester groups is 1. The first-order valence-corrected chi connectivity index (χ1v) is 24.9. The molecule has 6 aromatic carbocycles. The van der Waals surface area contributed by atoms with Gasteiger partial charge in [0.05, 0.1) is 53.5 Å². The highest BCUT2D eigenvalue weighted by Gasteiger charge is 2.44. The molecule has 0 bridgehead atoms. The second-order valence-corrected chi connectivity index (χ2v) is 19.7. The van der Waals surface area contributed by atoms with Gasteiger partial charge in [0.15, 0.2) is 0 Å². The van der Waals surface area contributed by atoms with Crippen molar-refractivity contribution in [3.05, 3.63) is 207 Å². The van der Waals surface area contributed by atoms with Gasteiger partial charge in [0.1, 0.15) is 11.6 Å². The number of aryl methyl sites for hydroxylation is 3. The molecule has 0 amide bonds. The Bertz CT molecular complexity index is 3210. The molecule has 15 heteroatoms. The van der Waals surface area contributed by atoms with Crippen LogP contribution in [0.15, 0.2) is 146 Å². The van der Waals surface area contributed by atoms with Crippen molar-refractivity contribution in [2.75, 3.05) is 0 Å². The van der Waals surface area contributed by atoms with Crippen molar-refractivity contribution < 1.29 is 45.2 Å². The number of aromatic nitrogens is 3. The van der Waals surface area contributed by atoms with E-state index in [2.05, 4.69) is 44.7 Å². The Morgan fingerprint density at radius 3 is 1.96 bits per heavy atom. The number of nitrogens with zero attached hydrogens (tertiary/aromatic N) is 4. The number of benzene rings is 6. The Kier molecular flexibility index (Phi) is 14.0. The van der Waals surface area contributed by atoms with Gasteiger partial charge in [-0.15, -0.1) is 0 Å². The molecule has 0 radical (unpaired) electrons. The van der Waals surface area contributed by atoms with Crippen LogP contribution in [0, 0.1) is 12.7 Å². The van der Waals surface area contributed by atoms with Gasteiger partial charge in [-0.2, -0.15) is 18.3 Å². The van der Waals surface area contributed by atoms with Gasteiger partial charge in [-0.05, 0) is 103 Å². The van der Waals surface area contributed by atoms with Crippen LogP contribution in [0.2, 0.25) is 0 Å². The summed E-state index contributed by atoms with van der Waals surface area (Å²) in [5.41, 5.74) is 7.76. The van der Waals surface area contributed by atoms with Crippen molar-refractivity contribution in [1.29, 1.82) is 0 Å². The van der Waals surface area contributed by atoms with E-state index in [0.29, 0.717) is 53.7 Å². The maximum atomic E-state index is 16.4. The summed E-state index contributed by atoms with van der Waals surface area (Å²) in [6, 6.07) is 39.7. The highest BCUT2D eigenvalue weighted by molar-refractivity contribution is 7.48. The number of hydrogen-bond acceptors (Lipinski definition) is 8. The Hall–Kier alpha value is -6.67. The van der Waals surface area contributed by atoms with Crippen molar-refractivity contribution in [3.8, 4) is 22.7 Å². The average molecular weight is 985 g/mol. The number of carbonyl (C=O) groups excluding carboxylic acids is 1. The quantitative estimate of drug-likeness (QED) is 0.0698. The summed E-state index contributed by atoms with van der Waals surface area (Å²) in [6.45, 7) is 10.3. The second-order valence-electron chi connectivity index (χ2n) is 18.0. The first-order chi connectivity index (χ1) is 34.1. The minimum Gasteiger partial charge on any atom is -0.409 e. The molecule has 366 valence electrons. The molecule has 9 rings (SSSR count). The third-order valence-electron chi connectivity index (χ3n) is 13.2. The first kappa shape index (κ1) is 49.3. The summed E-state index contributed by atoms with van der Waals surface area (Å²) in [6.07, 6.45) is -2.48. The molecule has 10 nitrogen and oxygen atoms in total. The lowest BCUT2D eigenvalue weighted by Gasteiger charge is -2.32. The molecule has 0 saturated carbocycles. The fraction of sp³-hybridized carbons (Fsp3) is 0.250. The van der Waals surface area contributed by atoms with Gasteiger partial charge >= 0.3 is 20.1 Å². The third-order valence-corrected chi connectivity index (χ3v) is 14.5. The zero-order valence-electron chi connectivity index (χ0n) is 40.0. The molecule has 8 aromatic rings. The summed E-state index contributed by atoms with van der Waals surface area (Å²) in [5, 5.41) is 5.80. The number of ether oxygens (including phenoxy) is 1. The van der Waals surface area contributed by atoms with E-state index in [4.69, 9.17) is 23.4 Å². The van der Waals surface area contributed by atoms with Gasteiger partial charge in [-0.1, -0.05) is 117 Å². The molecular formula is C56H53F4N4O6P. The lowest BCUT2D eigenvalue weighted by Crippen LogP contribution is -2.36. The Balaban J connectivity index is 1.05. The standard InChI is InChI=1S/C56H53F4N4O6P/c1-6-40-22-16-23-41(7-2)50(40)64-51(47-33-62(55(4,5)53(47)61-64)32-42-25-26-44(31-37(42)3)56(58,59)60)45-27-28-48(57)52-46(45)29-30-63(52)54(65)70-49-24-15-14-21-43(49)36-69-71(66,67-34-38-17-10-8-11-18-38)68-35-39-19-12-9-13-20-39/h8-31H,6-7,32-36H2,1-5H3. The number of fused-ring (bicyclic) bond motifs is 2. The fourth-order valence-corrected chi connectivity index (χ4v) is 10.4. The maximum absolute atomic E-state index is 16.4. The molecule has 0 atom stereocenters. The van der Waals surface area contributed by atoms with Crippen LogP contribution in [0.25, 0.3) is 27.8 Å². The molecule has 0 spiro atoms. The van der Waals surface area contributed by atoms with Crippen LogP contribution in [0.4, 0.5) is 22.4 Å². The third kappa shape index (κ3) is 10.1. The lowest BCUT2D eigenvalue weighted by atomic mass is 9.96. The summed E-state index contributed by atoms with van der Waals surface area (Å²) in [5.74, 6) is -0.585. The summed E-state index contributed by atoms with van der Waals surface area (Å²) < 4.78 is 98.1. The highest BCUT2D eigenvalue weighted by atomic mass is 31.2. The lowest BCUT2D eigenvalue weighted by molar-refractivity contribution is -0.137. The molecule has 71 heavy (non-hydrogen) atoms. The predicted octanol–water partition coefficient (Wildman–Crippen LogP) is 14.4. The number of rotatable bonds is 16. The molecule has 2 aromatic heterocycles. The van der Waals surface area contributed by atoms with Crippen molar-refractivity contribution >= 4 is 24.8 Å². The topological polar surface area (TPSA) is 97.0 Å². The fourth-order valence-electron chi connectivity index (χ4n) is 9.22. The van der Waals surface area contributed by atoms with E-state index in [9.17, 15) is 22.5 Å². The van der Waals surface area contributed by atoms with Crippen LogP contribution in [-0.4, -0.2) is 25.3 Å². The Morgan fingerprint density at radius 2 is 1.34 bits per heavy atom. The maximum Gasteiger partial charge on any atom is 0.475 e. The molecule has 1 aliphatic heterocycles. The van der Waals surface area contributed by atoms with Gasteiger partial charge in [-0.25, -0.2) is 23.0 Å². The van der Waals surface area contributed by atoms with E-state index in [0.717, 1.165) is 55.4 Å². The molecule has 0 unspecified atom stereocenters. The van der Waals surface area contributed by atoms with Gasteiger partial charge in [0.25, 0.3) is 0 Å². The van der Waals surface area contributed by atoms with Crippen molar-refractivity contribution in [2.45, 2.75) is 92.1 Å². The number of hydrogen-bond donors (Lipinski definition) is 0. The van der Waals surface area contributed by atoms with E-state index >= 15 is 4.39 Å². The Labute approximate surface area is 410 Å². The number of alkyl halides is 3. The Morgan fingerprint density at radius 1 is 0.732 bits per heavy atom. The molecule has 0 fully saturated rings. The van der Waals surface area contributed by atoms with Gasteiger partial charge in [0.2, 0.25) is 0 Å². The van der Waals surface area contributed by atoms with Crippen molar-refractivity contribution in [2.24, 2.45) is 0 Å². The van der Waals surface area contributed by atoms with Crippen LogP contribution in [0.1, 0.15) is 83.5 Å². The monoisotopic (exact) mass is 984 g/mol. The van der Waals surface area contributed by atoms with Crippen LogP contribution >= 0.6 is 7.82 Å². The van der Waals surface area contributed by atoms with Gasteiger partial charge < -0.3 is 4.74 Å². The number of para-hydroxylation sites is 2. The number of halogens is 4. The van der Waals surface area contributed by atoms with Gasteiger partial charge in [-0.3, -0.25) is 18.5 Å². The molecule has 0 saturated heterocycles. The van der Waals surface area contributed by atoms with Crippen LogP contribution in [0.3, 0.4) is 0 Å². The zero-order chi connectivity index (χ0) is 50.1. The SMILES string of the molecule is CCc1cccc(CC)c1-n1nc2c(c1-c1ccc(F)c3c1ccn3C(=O)Oc1ccccc1COP(=O)(OCc1ccccc1)OCc1ccccc1)CN(Cc1ccc(C(F)(F)F)cc1C)C2(C)C.